The van der Waals surface area contributed by atoms with Crippen LogP contribution in [-0.2, 0) is 17.7 Å². The second-order valence-electron chi connectivity index (χ2n) is 6.65. The molecule has 8 nitrogen and oxygen atoms in total. The lowest BCUT2D eigenvalue weighted by molar-refractivity contribution is 0.0726. The van der Waals surface area contributed by atoms with Crippen LogP contribution < -0.4 is 4.90 Å². The Morgan fingerprint density at radius 3 is 2.62 bits per heavy atom. The first kappa shape index (κ1) is 16.8. The number of hydrogen-bond donors (Lipinski definition) is 0. The number of anilines is 1. The molecule has 1 fully saturated rings. The second-order valence-corrected chi connectivity index (χ2v) is 6.65. The zero-order valence-electron chi connectivity index (χ0n) is 15.1. The molecule has 26 heavy (non-hydrogen) atoms. The van der Waals surface area contributed by atoms with E-state index in [4.69, 9.17) is 9.72 Å². The van der Waals surface area contributed by atoms with E-state index in [0.29, 0.717) is 32.0 Å². The Morgan fingerprint density at radius 1 is 1.08 bits per heavy atom. The highest BCUT2D eigenvalue weighted by Crippen LogP contribution is 2.24. The van der Waals surface area contributed by atoms with E-state index in [1.807, 2.05) is 13.8 Å². The molecule has 0 aliphatic carbocycles. The highest BCUT2D eigenvalue weighted by molar-refractivity contribution is 5.92. The van der Waals surface area contributed by atoms with Crippen molar-refractivity contribution in [3.8, 4) is 0 Å². The molecule has 0 radical (unpaired) electrons. The first-order valence-corrected chi connectivity index (χ1v) is 8.89. The third-order valence-electron chi connectivity index (χ3n) is 4.84. The maximum atomic E-state index is 12.7. The summed E-state index contributed by atoms with van der Waals surface area (Å²) in [5.74, 6) is 0.675. The van der Waals surface area contributed by atoms with Crippen LogP contribution in [-0.4, -0.2) is 63.6 Å². The first-order chi connectivity index (χ1) is 12.6. The SMILES string of the molecule is Cc1cnc(C(=O)N2CCc3nc(N4CCOCC4)nc(C)c3C2)cn1. The summed E-state index contributed by atoms with van der Waals surface area (Å²) < 4.78 is 5.40. The largest absolute Gasteiger partial charge is 0.378 e. The molecule has 2 aliphatic rings. The molecule has 0 bridgehead atoms. The first-order valence-electron chi connectivity index (χ1n) is 8.89. The zero-order valence-corrected chi connectivity index (χ0v) is 15.1. The molecular formula is C18H22N6O2. The van der Waals surface area contributed by atoms with Crippen molar-refractivity contribution in [1.29, 1.82) is 0 Å². The summed E-state index contributed by atoms with van der Waals surface area (Å²) in [5.41, 5.74) is 4.19. The standard InChI is InChI=1S/C18H22N6O2/c1-12-9-20-16(10-19-12)17(25)24-4-3-15-14(11-24)13(2)21-18(22-15)23-5-7-26-8-6-23/h9-10H,3-8,11H2,1-2H3. The van der Waals surface area contributed by atoms with Crippen LogP contribution in [0, 0.1) is 13.8 Å². The maximum absolute atomic E-state index is 12.7. The molecule has 0 aromatic carbocycles. The topological polar surface area (TPSA) is 84.3 Å². The van der Waals surface area contributed by atoms with Crippen molar-refractivity contribution in [2.45, 2.75) is 26.8 Å². The molecule has 4 rings (SSSR count). The van der Waals surface area contributed by atoms with Crippen LogP contribution in [0.3, 0.4) is 0 Å². The van der Waals surface area contributed by atoms with Gasteiger partial charge in [-0.2, -0.15) is 0 Å². The summed E-state index contributed by atoms with van der Waals surface area (Å²) >= 11 is 0. The summed E-state index contributed by atoms with van der Waals surface area (Å²) in [6, 6.07) is 0. The monoisotopic (exact) mass is 354 g/mol. The van der Waals surface area contributed by atoms with Crippen LogP contribution in [0.15, 0.2) is 12.4 Å². The Kier molecular flexibility index (Phi) is 4.50. The third kappa shape index (κ3) is 3.24. The van der Waals surface area contributed by atoms with Gasteiger partial charge in [0.15, 0.2) is 0 Å². The van der Waals surface area contributed by atoms with Gasteiger partial charge >= 0.3 is 0 Å². The molecular weight excluding hydrogens is 332 g/mol. The molecule has 1 amide bonds. The van der Waals surface area contributed by atoms with Gasteiger partial charge in [0, 0.05) is 50.1 Å². The van der Waals surface area contributed by atoms with E-state index in [0.717, 1.165) is 48.1 Å². The van der Waals surface area contributed by atoms with Gasteiger partial charge in [-0.1, -0.05) is 0 Å². The van der Waals surface area contributed by atoms with Gasteiger partial charge in [-0.3, -0.25) is 9.78 Å². The fourth-order valence-corrected chi connectivity index (χ4v) is 3.31. The Labute approximate surface area is 152 Å². The number of amides is 1. The van der Waals surface area contributed by atoms with Crippen LogP contribution >= 0.6 is 0 Å². The Bertz CT molecular complexity index is 817. The van der Waals surface area contributed by atoms with Gasteiger partial charge in [-0.15, -0.1) is 0 Å². The lowest BCUT2D eigenvalue weighted by atomic mass is 10.0. The third-order valence-corrected chi connectivity index (χ3v) is 4.84. The number of carbonyl (C=O) groups excluding carboxylic acids is 1. The van der Waals surface area contributed by atoms with Gasteiger partial charge in [-0.05, 0) is 13.8 Å². The molecule has 0 atom stereocenters. The number of hydrogen-bond acceptors (Lipinski definition) is 7. The quantitative estimate of drug-likeness (QED) is 0.793. The number of fused-ring (bicyclic) bond motifs is 1. The van der Waals surface area contributed by atoms with Crippen molar-refractivity contribution in [2.24, 2.45) is 0 Å². The lowest BCUT2D eigenvalue weighted by Crippen LogP contribution is -2.40. The number of nitrogens with zero attached hydrogens (tertiary/aromatic N) is 6. The number of aromatic nitrogens is 4. The number of aryl methyl sites for hydroxylation is 2. The van der Waals surface area contributed by atoms with Gasteiger partial charge in [0.25, 0.3) is 5.91 Å². The summed E-state index contributed by atoms with van der Waals surface area (Å²) in [6.45, 7) is 8.02. The Balaban J connectivity index is 1.55. The number of carbonyl (C=O) groups is 1. The minimum atomic E-state index is -0.0974. The molecule has 0 N–H and O–H groups in total. The van der Waals surface area contributed by atoms with E-state index >= 15 is 0 Å². The average Bonchev–Trinajstić information content (AvgIpc) is 2.68. The lowest BCUT2D eigenvalue weighted by Gasteiger charge is -2.31. The van der Waals surface area contributed by atoms with E-state index < -0.39 is 0 Å². The fraction of sp³-hybridized carbons (Fsp3) is 0.500. The van der Waals surface area contributed by atoms with Crippen LogP contribution in [0.1, 0.15) is 33.1 Å². The molecule has 0 spiro atoms. The van der Waals surface area contributed by atoms with Crippen LogP contribution in [0.4, 0.5) is 5.95 Å². The maximum Gasteiger partial charge on any atom is 0.274 e. The van der Waals surface area contributed by atoms with Crippen LogP contribution in [0.5, 0.6) is 0 Å². The summed E-state index contributed by atoms with van der Waals surface area (Å²) in [4.78, 5) is 34.5. The predicted molar refractivity (Wildman–Crippen MR) is 95.0 cm³/mol. The number of rotatable bonds is 2. The summed E-state index contributed by atoms with van der Waals surface area (Å²) in [6.07, 6.45) is 3.88. The summed E-state index contributed by atoms with van der Waals surface area (Å²) in [5, 5.41) is 0. The van der Waals surface area contributed by atoms with Crippen molar-refractivity contribution >= 4 is 11.9 Å². The minimum Gasteiger partial charge on any atom is -0.378 e. The molecule has 0 unspecified atom stereocenters. The van der Waals surface area contributed by atoms with Gasteiger partial charge in [-0.25, -0.2) is 15.0 Å². The van der Waals surface area contributed by atoms with Gasteiger partial charge in [0.05, 0.1) is 30.8 Å². The molecule has 2 aliphatic heterocycles. The van der Waals surface area contributed by atoms with E-state index in [1.54, 1.807) is 11.1 Å². The highest BCUT2D eigenvalue weighted by Gasteiger charge is 2.27. The molecule has 2 aromatic heterocycles. The van der Waals surface area contributed by atoms with E-state index in [2.05, 4.69) is 19.9 Å². The van der Waals surface area contributed by atoms with Gasteiger partial charge < -0.3 is 14.5 Å². The van der Waals surface area contributed by atoms with Gasteiger partial charge in [0.1, 0.15) is 5.69 Å². The van der Waals surface area contributed by atoms with E-state index in [-0.39, 0.29) is 5.91 Å². The van der Waals surface area contributed by atoms with Crippen molar-refractivity contribution in [1.82, 2.24) is 24.8 Å². The number of ether oxygens (including phenoxy) is 1. The van der Waals surface area contributed by atoms with Crippen molar-refractivity contribution in [3.05, 3.63) is 40.7 Å². The van der Waals surface area contributed by atoms with Crippen LogP contribution in [0.2, 0.25) is 0 Å². The second kappa shape index (κ2) is 6.95. The average molecular weight is 354 g/mol. The molecule has 136 valence electrons. The van der Waals surface area contributed by atoms with Crippen LogP contribution in [0.25, 0.3) is 0 Å². The molecule has 1 saturated heterocycles. The molecule has 8 heteroatoms. The van der Waals surface area contributed by atoms with Crippen molar-refractivity contribution in [2.75, 3.05) is 37.7 Å². The predicted octanol–water partition coefficient (Wildman–Crippen LogP) is 0.919. The Hall–Kier alpha value is -2.61. The highest BCUT2D eigenvalue weighted by atomic mass is 16.5. The number of morpholine rings is 1. The Morgan fingerprint density at radius 2 is 1.88 bits per heavy atom. The fourth-order valence-electron chi connectivity index (χ4n) is 3.31. The molecule has 2 aromatic rings. The minimum absolute atomic E-state index is 0.0974. The molecule has 0 saturated carbocycles. The van der Waals surface area contributed by atoms with Crippen molar-refractivity contribution in [3.63, 3.8) is 0 Å². The van der Waals surface area contributed by atoms with Gasteiger partial charge in [0.2, 0.25) is 5.95 Å². The van der Waals surface area contributed by atoms with Crippen molar-refractivity contribution < 1.29 is 9.53 Å². The van der Waals surface area contributed by atoms with E-state index in [1.165, 1.54) is 6.20 Å². The van der Waals surface area contributed by atoms with E-state index in [9.17, 15) is 4.79 Å². The molecule has 4 heterocycles. The smallest absolute Gasteiger partial charge is 0.274 e. The zero-order chi connectivity index (χ0) is 18.1. The normalized spacial score (nSPS) is 17.2. The summed E-state index contributed by atoms with van der Waals surface area (Å²) in [7, 11) is 0.